The number of pyridine rings is 1. The molecule has 1 aliphatic rings. The molecule has 138 valence electrons. The SMILES string of the molecule is CCOc1ccc2ccccc2c1C(=O)N1CC(Oc2cccc(C)n2)C1. The summed E-state index contributed by atoms with van der Waals surface area (Å²) in [5.41, 5.74) is 1.54. The van der Waals surface area contributed by atoms with Gasteiger partial charge in [-0.05, 0) is 36.8 Å². The molecular formula is C22H22N2O3. The zero-order valence-electron chi connectivity index (χ0n) is 15.5. The Morgan fingerprint density at radius 3 is 2.70 bits per heavy atom. The molecule has 0 unspecified atom stereocenters. The van der Waals surface area contributed by atoms with Crippen molar-refractivity contribution in [3.05, 3.63) is 65.9 Å². The minimum Gasteiger partial charge on any atom is -0.493 e. The van der Waals surface area contributed by atoms with Crippen molar-refractivity contribution in [1.82, 2.24) is 9.88 Å². The molecule has 3 aromatic rings. The van der Waals surface area contributed by atoms with Gasteiger partial charge in [0.1, 0.15) is 11.9 Å². The molecule has 1 saturated heterocycles. The summed E-state index contributed by atoms with van der Waals surface area (Å²) in [7, 11) is 0. The van der Waals surface area contributed by atoms with Gasteiger partial charge in [0.05, 0.1) is 25.3 Å². The minimum atomic E-state index is -0.0335. The molecule has 2 heterocycles. The van der Waals surface area contributed by atoms with E-state index in [0.717, 1.165) is 16.5 Å². The van der Waals surface area contributed by atoms with E-state index in [2.05, 4.69) is 4.98 Å². The fourth-order valence-electron chi connectivity index (χ4n) is 3.34. The Hall–Kier alpha value is -3.08. The van der Waals surface area contributed by atoms with Gasteiger partial charge >= 0.3 is 0 Å². The zero-order chi connectivity index (χ0) is 18.8. The summed E-state index contributed by atoms with van der Waals surface area (Å²) in [5, 5.41) is 1.94. The van der Waals surface area contributed by atoms with Crippen LogP contribution in [-0.4, -0.2) is 41.6 Å². The molecule has 1 amide bonds. The van der Waals surface area contributed by atoms with Crippen LogP contribution in [0.3, 0.4) is 0 Å². The highest BCUT2D eigenvalue weighted by molar-refractivity contribution is 6.09. The molecule has 0 bridgehead atoms. The van der Waals surface area contributed by atoms with Crippen molar-refractivity contribution >= 4 is 16.7 Å². The highest BCUT2D eigenvalue weighted by Crippen LogP contribution is 2.31. The minimum absolute atomic E-state index is 0.0210. The fraction of sp³-hybridized carbons (Fsp3) is 0.273. The van der Waals surface area contributed by atoms with E-state index >= 15 is 0 Å². The van der Waals surface area contributed by atoms with Crippen LogP contribution >= 0.6 is 0 Å². The second-order valence-corrected chi connectivity index (χ2v) is 6.66. The van der Waals surface area contributed by atoms with Crippen molar-refractivity contribution in [2.75, 3.05) is 19.7 Å². The average Bonchev–Trinajstić information content (AvgIpc) is 2.64. The summed E-state index contributed by atoms with van der Waals surface area (Å²) < 4.78 is 11.6. The number of carbonyl (C=O) groups is 1. The third kappa shape index (κ3) is 3.45. The van der Waals surface area contributed by atoms with Crippen LogP contribution in [0.4, 0.5) is 0 Å². The van der Waals surface area contributed by atoms with E-state index in [1.807, 2.05) is 68.4 Å². The summed E-state index contributed by atoms with van der Waals surface area (Å²) in [6, 6.07) is 17.5. The van der Waals surface area contributed by atoms with Gasteiger partial charge in [-0.2, -0.15) is 0 Å². The van der Waals surface area contributed by atoms with E-state index in [9.17, 15) is 4.79 Å². The number of likely N-dealkylation sites (tertiary alicyclic amines) is 1. The number of benzene rings is 2. The Kier molecular flexibility index (Phi) is 4.67. The maximum atomic E-state index is 13.2. The highest BCUT2D eigenvalue weighted by atomic mass is 16.5. The van der Waals surface area contributed by atoms with Gasteiger partial charge in [-0.15, -0.1) is 0 Å². The Labute approximate surface area is 158 Å². The number of hydrogen-bond acceptors (Lipinski definition) is 4. The van der Waals surface area contributed by atoms with Gasteiger partial charge in [0, 0.05) is 11.8 Å². The number of nitrogens with zero attached hydrogens (tertiary/aromatic N) is 2. The molecule has 1 aromatic heterocycles. The molecule has 0 saturated carbocycles. The van der Waals surface area contributed by atoms with E-state index in [1.165, 1.54) is 0 Å². The van der Waals surface area contributed by atoms with Gasteiger partial charge in [-0.1, -0.05) is 36.4 Å². The second kappa shape index (κ2) is 7.27. The first-order valence-electron chi connectivity index (χ1n) is 9.20. The van der Waals surface area contributed by atoms with Gasteiger partial charge in [0.15, 0.2) is 0 Å². The van der Waals surface area contributed by atoms with Crippen LogP contribution in [0.1, 0.15) is 23.0 Å². The predicted octanol–water partition coefficient (Wildman–Crippen LogP) is 3.85. The molecule has 2 aromatic carbocycles. The first-order chi connectivity index (χ1) is 13.2. The lowest BCUT2D eigenvalue weighted by Crippen LogP contribution is -2.56. The molecule has 27 heavy (non-hydrogen) atoms. The number of carbonyl (C=O) groups excluding carboxylic acids is 1. The summed E-state index contributed by atoms with van der Waals surface area (Å²) in [4.78, 5) is 19.3. The zero-order valence-corrected chi connectivity index (χ0v) is 15.5. The van der Waals surface area contributed by atoms with E-state index in [4.69, 9.17) is 9.47 Å². The smallest absolute Gasteiger partial charge is 0.258 e. The molecule has 0 atom stereocenters. The number of aromatic nitrogens is 1. The average molecular weight is 362 g/mol. The summed E-state index contributed by atoms with van der Waals surface area (Å²) >= 11 is 0. The summed E-state index contributed by atoms with van der Waals surface area (Å²) in [5.74, 6) is 1.21. The Balaban J connectivity index is 1.53. The summed E-state index contributed by atoms with van der Waals surface area (Å²) in [6.45, 7) is 5.46. The van der Waals surface area contributed by atoms with Crippen LogP contribution in [0.25, 0.3) is 10.8 Å². The molecule has 1 fully saturated rings. The fourth-order valence-corrected chi connectivity index (χ4v) is 3.34. The van der Waals surface area contributed by atoms with Crippen molar-refractivity contribution in [2.45, 2.75) is 20.0 Å². The topological polar surface area (TPSA) is 51.7 Å². The van der Waals surface area contributed by atoms with E-state index < -0.39 is 0 Å². The van der Waals surface area contributed by atoms with Crippen LogP contribution in [-0.2, 0) is 0 Å². The number of rotatable bonds is 5. The van der Waals surface area contributed by atoms with Gasteiger partial charge in [-0.3, -0.25) is 4.79 Å². The lowest BCUT2D eigenvalue weighted by atomic mass is 10.0. The number of hydrogen-bond donors (Lipinski definition) is 0. The van der Waals surface area contributed by atoms with Gasteiger partial charge < -0.3 is 14.4 Å². The van der Waals surface area contributed by atoms with Gasteiger partial charge in [0.2, 0.25) is 5.88 Å². The van der Waals surface area contributed by atoms with Crippen LogP contribution in [0.2, 0.25) is 0 Å². The van der Waals surface area contributed by atoms with E-state index in [-0.39, 0.29) is 12.0 Å². The summed E-state index contributed by atoms with van der Waals surface area (Å²) in [6.07, 6.45) is -0.0335. The molecule has 0 aliphatic carbocycles. The lowest BCUT2D eigenvalue weighted by Gasteiger charge is -2.39. The third-order valence-corrected chi connectivity index (χ3v) is 4.69. The number of ether oxygens (including phenoxy) is 2. The number of aryl methyl sites for hydroxylation is 1. The first-order valence-corrected chi connectivity index (χ1v) is 9.20. The van der Waals surface area contributed by atoms with Gasteiger partial charge in [0.25, 0.3) is 5.91 Å². The third-order valence-electron chi connectivity index (χ3n) is 4.69. The molecule has 5 nitrogen and oxygen atoms in total. The highest BCUT2D eigenvalue weighted by Gasteiger charge is 2.35. The molecular weight excluding hydrogens is 340 g/mol. The molecule has 4 rings (SSSR count). The Bertz CT molecular complexity index is 980. The van der Waals surface area contributed by atoms with Crippen molar-refractivity contribution in [3.63, 3.8) is 0 Å². The molecule has 0 spiro atoms. The first kappa shape index (κ1) is 17.3. The lowest BCUT2D eigenvalue weighted by molar-refractivity contribution is 0.0158. The molecule has 0 radical (unpaired) electrons. The van der Waals surface area contributed by atoms with E-state index in [1.54, 1.807) is 4.90 Å². The number of amides is 1. The Morgan fingerprint density at radius 1 is 1.11 bits per heavy atom. The normalized spacial score (nSPS) is 14.1. The second-order valence-electron chi connectivity index (χ2n) is 6.66. The maximum Gasteiger partial charge on any atom is 0.258 e. The van der Waals surface area contributed by atoms with Crippen molar-refractivity contribution < 1.29 is 14.3 Å². The standard InChI is InChI=1S/C22H22N2O3/c1-3-26-19-12-11-16-8-4-5-9-18(16)21(19)22(25)24-13-17(14-24)27-20-10-6-7-15(2)23-20/h4-12,17H,3,13-14H2,1-2H3. The van der Waals surface area contributed by atoms with E-state index in [0.29, 0.717) is 36.9 Å². The Morgan fingerprint density at radius 2 is 1.93 bits per heavy atom. The molecule has 1 aliphatic heterocycles. The molecule has 5 heteroatoms. The van der Waals surface area contributed by atoms with Crippen LogP contribution < -0.4 is 9.47 Å². The number of fused-ring (bicyclic) bond motifs is 1. The predicted molar refractivity (Wildman–Crippen MR) is 104 cm³/mol. The largest absolute Gasteiger partial charge is 0.493 e. The van der Waals surface area contributed by atoms with Crippen molar-refractivity contribution in [3.8, 4) is 11.6 Å². The van der Waals surface area contributed by atoms with Crippen LogP contribution in [0, 0.1) is 6.92 Å². The van der Waals surface area contributed by atoms with Crippen LogP contribution in [0.5, 0.6) is 11.6 Å². The monoisotopic (exact) mass is 362 g/mol. The van der Waals surface area contributed by atoms with Gasteiger partial charge in [-0.25, -0.2) is 4.98 Å². The van der Waals surface area contributed by atoms with Crippen molar-refractivity contribution in [2.24, 2.45) is 0 Å². The van der Waals surface area contributed by atoms with Crippen LogP contribution in [0.15, 0.2) is 54.6 Å². The molecule has 0 N–H and O–H groups in total. The quantitative estimate of drug-likeness (QED) is 0.692. The van der Waals surface area contributed by atoms with Crippen molar-refractivity contribution in [1.29, 1.82) is 0 Å². The maximum absolute atomic E-state index is 13.2.